The monoisotopic (exact) mass is 291 g/mol. The van der Waals surface area contributed by atoms with Gasteiger partial charge in [-0.15, -0.1) is 0 Å². The van der Waals surface area contributed by atoms with E-state index in [9.17, 15) is 8.42 Å². The maximum atomic E-state index is 12.2. The smallest absolute Gasteiger partial charge is 0.241 e. The summed E-state index contributed by atoms with van der Waals surface area (Å²) >= 11 is 0. The van der Waals surface area contributed by atoms with E-state index >= 15 is 0 Å². The molecule has 106 valence electrons. The van der Waals surface area contributed by atoms with Crippen molar-refractivity contribution < 1.29 is 13.2 Å². The number of rotatable bonds is 5. The summed E-state index contributed by atoms with van der Waals surface area (Å²) in [7, 11) is -2.03. The Morgan fingerprint density at radius 3 is 2.45 bits per heavy atom. The largest absolute Gasteiger partial charge is 0.497 e. The normalized spacial score (nSPS) is 11.3. The van der Waals surface area contributed by atoms with Crippen molar-refractivity contribution in [2.45, 2.75) is 18.4 Å². The van der Waals surface area contributed by atoms with Gasteiger partial charge in [0.2, 0.25) is 10.0 Å². The third kappa shape index (κ3) is 3.59. The molecule has 0 atom stereocenters. The summed E-state index contributed by atoms with van der Waals surface area (Å²) in [6.45, 7) is 2.25. The lowest BCUT2D eigenvalue weighted by Gasteiger charge is -2.08. The molecule has 0 heterocycles. The number of benzene rings is 2. The first-order valence-electron chi connectivity index (χ1n) is 6.20. The van der Waals surface area contributed by atoms with Gasteiger partial charge in [-0.1, -0.05) is 35.9 Å². The van der Waals surface area contributed by atoms with E-state index in [4.69, 9.17) is 4.74 Å². The van der Waals surface area contributed by atoms with Crippen molar-refractivity contribution in [2.24, 2.45) is 0 Å². The second-order valence-corrected chi connectivity index (χ2v) is 6.26. The van der Waals surface area contributed by atoms with Gasteiger partial charge < -0.3 is 4.74 Å². The summed E-state index contributed by atoms with van der Waals surface area (Å²) < 4.78 is 32.0. The molecule has 0 saturated heterocycles. The van der Waals surface area contributed by atoms with E-state index in [1.54, 1.807) is 18.2 Å². The zero-order chi connectivity index (χ0) is 14.6. The number of hydrogen-bond donors (Lipinski definition) is 1. The highest BCUT2D eigenvalue weighted by molar-refractivity contribution is 7.89. The number of aryl methyl sites for hydroxylation is 1. The Morgan fingerprint density at radius 1 is 1.10 bits per heavy atom. The van der Waals surface area contributed by atoms with Crippen molar-refractivity contribution in [3.63, 3.8) is 0 Å². The number of nitrogens with one attached hydrogen (secondary N) is 1. The summed E-state index contributed by atoms with van der Waals surface area (Å²) in [6, 6.07) is 14.1. The Labute approximate surface area is 119 Å². The van der Waals surface area contributed by atoms with E-state index < -0.39 is 10.0 Å². The predicted octanol–water partition coefficient (Wildman–Crippen LogP) is 2.48. The van der Waals surface area contributed by atoms with Gasteiger partial charge >= 0.3 is 0 Å². The molecule has 0 aromatic heterocycles. The van der Waals surface area contributed by atoms with E-state index in [0.717, 1.165) is 11.1 Å². The van der Waals surface area contributed by atoms with Crippen LogP contribution in [0.3, 0.4) is 0 Å². The van der Waals surface area contributed by atoms with Gasteiger partial charge in [-0.2, -0.15) is 0 Å². The first-order chi connectivity index (χ1) is 9.51. The minimum atomic E-state index is -3.53. The molecule has 0 aliphatic carbocycles. The molecule has 5 heteroatoms. The zero-order valence-corrected chi connectivity index (χ0v) is 12.3. The van der Waals surface area contributed by atoms with Gasteiger partial charge in [0, 0.05) is 12.6 Å². The summed E-state index contributed by atoms with van der Waals surface area (Å²) in [4.78, 5) is 0.198. The van der Waals surface area contributed by atoms with E-state index in [1.165, 1.54) is 13.2 Å². The standard InChI is InChI=1S/C15H17NO3S/c1-12-6-8-13(9-7-12)11-16-20(17,18)15-5-3-4-14(10-15)19-2/h3-10,16H,11H2,1-2H3. The van der Waals surface area contributed by atoms with Gasteiger partial charge in [0.1, 0.15) is 5.75 Å². The molecule has 4 nitrogen and oxygen atoms in total. The quantitative estimate of drug-likeness (QED) is 0.920. The van der Waals surface area contributed by atoms with Crippen molar-refractivity contribution in [2.75, 3.05) is 7.11 Å². The maximum absolute atomic E-state index is 12.2. The SMILES string of the molecule is COc1cccc(S(=O)(=O)NCc2ccc(C)cc2)c1. The van der Waals surface area contributed by atoms with Crippen LogP contribution in [0.25, 0.3) is 0 Å². The Hall–Kier alpha value is -1.85. The van der Waals surface area contributed by atoms with Crippen LogP contribution in [0.15, 0.2) is 53.4 Å². The Bertz CT molecular complexity index is 679. The van der Waals surface area contributed by atoms with Gasteiger partial charge in [0.05, 0.1) is 12.0 Å². The van der Waals surface area contributed by atoms with E-state index in [-0.39, 0.29) is 11.4 Å². The number of methoxy groups -OCH3 is 1. The number of hydrogen-bond acceptors (Lipinski definition) is 3. The molecule has 20 heavy (non-hydrogen) atoms. The van der Waals surface area contributed by atoms with Crippen LogP contribution in [0.1, 0.15) is 11.1 Å². The molecule has 0 aliphatic heterocycles. The molecule has 0 radical (unpaired) electrons. The number of sulfonamides is 1. The summed E-state index contributed by atoms with van der Waals surface area (Å²) in [5.41, 5.74) is 2.06. The van der Waals surface area contributed by atoms with E-state index in [2.05, 4.69) is 4.72 Å². The molecule has 0 fully saturated rings. The molecular weight excluding hydrogens is 274 g/mol. The van der Waals surface area contributed by atoms with Crippen molar-refractivity contribution in [1.29, 1.82) is 0 Å². The average molecular weight is 291 g/mol. The highest BCUT2D eigenvalue weighted by atomic mass is 32.2. The third-order valence-electron chi connectivity index (χ3n) is 2.94. The maximum Gasteiger partial charge on any atom is 0.241 e. The first kappa shape index (κ1) is 14.6. The van der Waals surface area contributed by atoms with Gasteiger partial charge in [-0.3, -0.25) is 0 Å². The van der Waals surface area contributed by atoms with Crippen LogP contribution < -0.4 is 9.46 Å². The lowest BCUT2D eigenvalue weighted by molar-refractivity contribution is 0.413. The fraction of sp³-hybridized carbons (Fsp3) is 0.200. The van der Waals surface area contributed by atoms with Gasteiger partial charge in [-0.25, -0.2) is 13.1 Å². The molecule has 0 saturated carbocycles. The first-order valence-corrected chi connectivity index (χ1v) is 7.69. The van der Waals surface area contributed by atoms with E-state index in [0.29, 0.717) is 5.75 Å². The van der Waals surface area contributed by atoms with Gasteiger partial charge in [0.15, 0.2) is 0 Å². The molecule has 0 bridgehead atoms. The van der Waals surface area contributed by atoms with Crippen LogP contribution in [-0.4, -0.2) is 15.5 Å². The van der Waals surface area contributed by atoms with Gasteiger partial charge in [0.25, 0.3) is 0 Å². The van der Waals surface area contributed by atoms with Crippen LogP contribution >= 0.6 is 0 Å². The fourth-order valence-corrected chi connectivity index (χ4v) is 2.79. The predicted molar refractivity (Wildman–Crippen MR) is 78.2 cm³/mol. The molecule has 2 aromatic rings. The average Bonchev–Trinajstić information content (AvgIpc) is 2.47. The van der Waals surface area contributed by atoms with Crippen molar-refractivity contribution in [3.8, 4) is 5.75 Å². The van der Waals surface area contributed by atoms with Crippen LogP contribution in [0.4, 0.5) is 0 Å². The summed E-state index contributed by atoms with van der Waals surface area (Å²) in [6.07, 6.45) is 0. The van der Waals surface area contributed by atoms with Crippen molar-refractivity contribution >= 4 is 10.0 Å². The van der Waals surface area contributed by atoms with Crippen molar-refractivity contribution in [1.82, 2.24) is 4.72 Å². The van der Waals surface area contributed by atoms with E-state index in [1.807, 2.05) is 31.2 Å². The summed E-state index contributed by atoms with van der Waals surface area (Å²) in [5, 5.41) is 0. The minimum absolute atomic E-state index is 0.198. The van der Waals surface area contributed by atoms with Crippen molar-refractivity contribution in [3.05, 3.63) is 59.7 Å². The number of ether oxygens (including phenoxy) is 1. The Kier molecular flexibility index (Phi) is 4.42. The van der Waals surface area contributed by atoms with Gasteiger partial charge in [-0.05, 0) is 24.6 Å². The lowest BCUT2D eigenvalue weighted by atomic mass is 10.2. The molecule has 0 aliphatic rings. The summed E-state index contributed by atoms with van der Waals surface area (Å²) in [5.74, 6) is 0.517. The lowest BCUT2D eigenvalue weighted by Crippen LogP contribution is -2.23. The molecular formula is C15H17NO3S. The highest BCUT2D eigenvalue weighted by Crippen LogP contribution is 2.17. The topological polar surface area (TPSA) is 55.4 Å². The van der Waals surface area contributed by atoms with Crippen LogP contribution in [0.2, 0.25) is 0 Å². The third-order valence-corrected chi connectivity index (χ3v) is 4.34. The molecule has 2 rings (SSSR count). The van der Waals surface area contributed by atoms with Crippen LogP contribution in [0.5, 0.6) is 5.75 Å². The van der Waals surface area contributed by atoms with Crippen LogP contribution in [-0.2, 0) is 16.6 Å². The Balaban J connectivity index is 2.12. The second-order valence-electron chi connectivity index (χ2n) is 4.49. The molecule has 0 spiro atoms. The molecule has 2 aromatic carbocycles. The highest BCUT2D eigenvalue weighted by Gasteiger charge is 2.14. The molecule has 0 unspecified atom stereocenters. The minimum Gasteiger partial charge on any atom is -0.497 e. The molecule has 0 amide bonds. The molecule has 1 N–H and O–H groups in total. The fourth-order valence-electron chi connectivity index (χ4n) is 1.74. The van der Waals surface area contributed by atoms with Crippen LogP contribution in [0, 0.1) is 6.92 Å². The Morgan fingerprint density at radius 2 is 1.80 bits per heavy atom. The zero-order valence-electron chi connectivity index (χ0n) is 11.5. The second kappa shape index (κ2) is 6.07.